The van der Waals surface area contributed by atoms with Crippen LogP contribution in [0.2, 0.25) is 0 Å². The quantitative estimate of drug-likeness (QED) is 0.915. The lowest BCUT2D eigenvalue weighted by Crippen LogP contribution is -2.31. The van der Waals surface area contributed by atoms with Gasteiger partial charge in [-0.25, -0.2) is 0 Å². The zero-order valence-electron chi connectivity index (χ0n) is 14.7. The van der Waals surface area contributed by atoms with Crippen molar-refractivity contribution in [3.63, 3.8) is 0 Å². The molecule has 0 radical (unpaired) electrons. The second kappa shape index (κ2) is 7.58. The maximum atomic E-state index is 12.5. The molecule has 1 amide bonds. The first-order valence-corrected chi connectivity index (χ1v) is 8.48. The number of carbonyl (C=O) groups is 1. The van der Waals surface area contributed by atoms with Crippen LogP contribution < -0.4 is 5.73 Å². The number of furan rings is 1. The summed E-state index contributed by atoms with van der Waals surface area (Å²) in [6.45, 7) is 8.77. The van der Waals surface area contributed by atoms with Gasteiger partial charge >= 0.3 is 0 Å². The molecule has 0 bridgehead atoms. The Labute approximate surface area is 149 Å². The predicted molar refractivity (Wildman–Crippen MR) is 99.7 cm³/mol. The lowest BCUT2D eigenvalue weighted by Gasteiger charge is -2.16. The lowest BCUT2D eigenvalue weighted by atomic mass is 9.95. The monoisotopic (exact) mass is 350 g/mol. The molecule has 0 saturated carbocycles. The van der Waals surface area contributed by atoms with E-state index in [9.17, 15) is 4.79 Å². The molecule has 1 aromatic heterocycles. The van der Waals surface area contributed by atoms with Gasteiger partial charge in [0.05, 0.1) is 12.7 Å². The Morgan fingerprint density at radius 3 is 2.79 bits per heavy atom. The molecular formula is C19H27ClN2O2. The number of carbonyl (C=O) groups excluding carboxylic acids is 1. The van der Waals surface area contributed by atoms with Crippen molar-refractivity contribution < 1.29 is 9.21 Å². The average molecular weight is 351 g/mol. The van der Waals surface area contributed by atoms with Crippen molar-refractivity contribution in [2.24, 2.45) is 11.7 Å². The molecule has 3 rings (SSSR count). The van der Waals surface area contributed by atoms with Crippen molar-refractivity contribution in [2.45, 2.75) is 39.5 Å². The first kappa shape index (κ1) is 18.8. The molecule has 1 aliphatic heterocycles. The molecule has 0 spiro atoms. The fourth-order valence-corrected chi connectivity index (χ4v) is 3.53. The highest BCUT2D eigenvalue weighted by atomic mass is 35.5. The van der Waals surface area contributed by atoms with Crippen molar-refractivity contribution in [1.82, 2.24) is 4.90 Å². The molecule has 1 fully saturated rings. The Balaban J connectivity index is 0.00000208. The lowest BCUT2D eigenvalue weighted by molar-refractivity contribution is -0.129. The zero-order valence-corrected chi connectivity index (χ0v) is 15.5. The molecule has 2 aromatic rings. The van der Waals surface area contributed by atoms with Crippen molar-refractivity contribution in [2.75, 3.05) is 19.6 Å². The van der Waals surface area contributed by atoms with Crippen molar-refractivity contribution in [1.29, 1.82) is 0 Å². The molecule has 2 heterocycles. The van der Waals surface area contributed by atoms with E-state index in [1.165, 1.54) is 11.1 Å². The van der Waals surface area contributed by atoms with E-state index in [4.69, 9.17) is 10.2 Å². The maximum absolute atomic E-state index is 12.5. The average Bonchev–Trinajstić information content (AvgIpc) is 3.13. The Kier molecular flexibility index (Phi) is 5.94. The maximum Gasteiger partial charge on any atom is 0.227 e. The fraction of sp³-hybridized carbons (Fsp3) is 0.526. The Morgan fingerprint density at radius 1 is 1.42 bits per heavy atom. The van der Waals surface area contributed by atoms with Gasteiger partial charge < -0.3 is 15.1 Å². The van der Waals surface area contributed by atoms with Gasteiger partial charge in [0.2, 0.25) is 5.91 Å². The number of rotatable bonds is 4. The largest absolute Gasteiger partial charge is 0.464 e. The molecule has 24 heavy (non-hydrogen) atoms. The van der Waals surface area contributed by atoms with E-state index < -0.39 is 0 Å². The van der Waals surface area contributed by atoms with E-state index in [1.54, 1.807) is 6.26 Å². The summed E-state index contributed by atoms with van der Waals surface area (Å²) in [4.78, 5) is 14.5. The third kappa shape index (κ3) is 3.60. The van der Waals surface area contributed by atoms with Gasteiger partial charge in [0.25, 0.3) is 0 Å². The van der Waals surface area contributed by atoms with Crippen molar-refractivity contribution >= 4 is 29.3 Å². The smallest absolute Gasteiger partial charge is 0.227 e. The fourth-order valence-electron chi connectivity index (χ4n) is 3.53. The number of amides is 1. The number of aryl methyl sites for hydroxylation is 1. The summed E-state index contributed by atoms with van der Waals surface area (Å²) in [5.41, 5.74) is 10.1. The summed E-state index contributed by atoms with van der Waals surface area (Å²) in [6.07, 6.45) is 3.17. The summed E-state index contributed by atoms with van der Waals surface area (Å²) in [5, 5.41) is 1.07. The van der Waals surface area contributed by atoms with Crippen LogP contribution in [0.15, 0.2) is 22.8 Å². The first-order valence-electron chi connectivity index (χ1n) is 8.48. The molecule has 1 saturated heterocycles. The van der Waals surface area contributed by atoms with Crippen LogP contribution in [0.5, 0.6) is 0 Å². The van der Waals surface area contributed by atoms with Crippen LogP contribution >= 0.6 is 12.4 Å². The number of hydrogen-bond donors (Lipinski definition) is 1. The highest BCUT2D eigenvalue weighted by Crippen LogP contribution is 2.29. The van der Waals surface area contributed by atoms with Gasteiger partial charge in [0.15, 0.2) is 0 Å². The van der Waals surface area contributed by atoms with Gasteiger partial charge in [-0.3, -0.25) is 4.79 Å². The number of nitrogens with zero attached hydrogens (tertiary/aromatic N) is 1. The van der Waals surface area contributed by atoms with E-state index >= 15 is 0 Å². The molecule has 4 nitrogen and oxygen atoms in total. The minimum absolute atomic E-state index is 0. The van der Waals surface area contributed by atoms with Gasteiger partial charge in [-0.05, 0) is 55.0 Å². The normalized spacial score (nSPS) is 17.5. The van der Waals surface area contributed by atoms with Crippen LogP contribution in [0.3, 0.4) is 0 Å². The molecular weight excluding hydrogens is 324 g/mol. The third-order valence-corrected chi connectivity index (χ3v) is 4.98. The Hall–Kier alpha value is -1.52. The van der Waals surface area contributed by atoms with Gasteiger partial charge in [-0.2, -0.15) is 0 Å². The van der Waals surface area contributed by atoms with Crippen molar-refractivity contribution in [3.8, 4) is 0 Å². The topological polar surface area (TPSA) is 59.5 Å². The second-order valence-corrected chi connectivity index (χ2v) is 7.03. The summed E-state index contributed by atoms with van der Waals surface area (Å²) >= 11 is 0. The SMILES string of the molecule is Cc1cc2occ(CC(=O)N3CCC(CN)C3)c2cc1C(C)C.Cl. The van der Waals surface area contributed by atoms with Gasteiger partial charge in [0.1, 0.15) is 5.58 Å². The number of likely N-dealkylation sites (tertiary alicyclic amines) is 1. The minimum atomic E-state index is 0. The zero-order chi connectivity index (χ0) is 16.6. The standard InChI is InChI=1S/C19H26N2O2.ClH/c1-12(2)16-8-17-15(11-23-18(17)6-13(16)3)7-19(22)21-5-4-14(9-20)10-21;/h6,8,11-12,14H,4-5,7,9-10,20H2,1-3H3;1H. The molecule has 1 unspecified atom stereocenters. The van der Waals surface area contributed by atoms with E-state index in [0.717, 1.165) is 36.0 Å². The number of hydrogen-bond acceptors (Lipinski definition) is 3. The van der Waals surface area contributed by atoms with Crippen molar-refractivity contribution in [3.05, 3.63) is 35.1 Å². The van der Waals surface area contributed by atoms with Gasteiger partial charge in [0, 0.05) is 24.0 Å². The summed E-state index contributed by atoms with van der Waals surface area (Å²) in [7, 11) is 0. The van der Waals surface area contributed by atoms with E-state index in [-0.39, 0.29) is 18.3 Å². The molecule has 1 aromatic carbocycles. The molecule has 1 atom stereocenters. The van der Waals surface area contributed by atoms with Crippen LogP contribution in [-0.2, 0) is 11.2 Å². The number of benzene rings is 1. The molecule has 0 aliphatic carbocycles. The highest BCUT2D eigenvalue weighted by Gasteiger charge is 2.26. The van der Waals surface area contributed by atoms with Gasteiger partial charge in [-0.15, -0.1) is 12.4 Å². The second-order valence-electron chi connectivity index (χ2n) is 7.03. The minimum Gasteiger partial charge on any atom is -0.464 e. The van der Waals surface area contributed by atoms with Gasteiger partial charge in [-0.1, -0.05) is 13.8 Å². The third-order valence-electron chi connectivity index (χ3n) is 4.98. The summed E-state index contributed by atoms with van der Waals surface area (Å²) in [6, 6.07) is 4.27. The molecule has 1 aliphatic rings. The Bertz CT molecular complexity index is 723. The Morgan fingerprint density at radius 2 is 2.17 bits per heavy atom. The van der Waals surface area contributed by atoms with E-state index in [2.05, 4.69) is 32.9 Å². The number of fused-ring (bicyclic) bond motifs is 1. The summed E-state index contributed by atoms with van der Waals surface area (Å²) < 4.78 is 5.68. The van der Waals surface area contributed by atoms with Crippen LogP contribution in [0.4, 0.5) is 0 Å². The van der Waals surface area contributed by atoms with E-state index in [0.29, 0.717) is 24.8 Å². The highest BCUT2D eigenvalue weighted by molar-refractivity contribution is 5.88. The molecule has 5 heteroatoms. The van der Waals surface area contributed by atoms with Crippen LogP contribution in [0.25, 0.3) is 11.0 Å². The van der Waals surface area contributed by atoms with E-state index in [1.807, 2.05) is 4.90 Å². The van der Waals surface area contributed by atoms with Crippen LogP contribution in [-0.4, -0.2) is 30.4 Å². The van der Waals surface area contributed by atoms with Crippen LogP contribution in [0.1, 0.15) is 42.9 Å². The number of nitrogens with two attached hydrogens (primary N) is 1. The first-order chi connectivity index (χ1) is 11.0. The van der Waals surface area contributed by atoms with Crippen LogP contribution in [0, 0.1) is 12.8 Å². The summed E-state index contributed by atoms with van der Waals surface area (Å²) in [5.74, 6) is 1.09. The number of halogens is 1. The molecule has 132 valence electrons. The predicted octanol–water partition coefficient (Wildman–Crippen LogP) is 3.64. The molecule has 2 N–H and O–H groups in total.